The molecule has 66 valence electrons. The first-order chi connectivity index (χ1) is 5.79. The van der Waals surface area contributed by atoms with Gasteiger partial charge in [-0.1, -0.05) is 0 Å². The van der Waals surface area contributed by atoms with Crippen LogP contribution in [0.5, 0.6) is 0 Å². The van der Waals surface area contributed by atoms with E-state index in [0.29, 0.717) is 5.69 Å². The number of aromatic nitrogens is 1. The maximum absolute atomic E-state index is 11.1. The van der Waals surface area contributed by atoms with E-state index >= 15 is 0 Å². The van der Waals surface area contributed by atoms with E-state index in [4.69, 9.17) is 0 Å². The fraction of sp³-hybridized carbons (Fsp3) is 0.375. The molecule has 0 aromatic carbocycles. The molecule has 0 saturated heterocycles. The van der Waals surface area contributed by atoms with Crippen LogP contribution in [0.4, 0.5) is 0 Å². The third-order valence-electron chi connectivity index (χ3n) is 1.49. The van der Waals surface area contributed by atoms with Gasteiger partial charge in [0.15, 0.2) is 0 Å². The molecule has 1 heterocycles. The summed E-state index contributed by atoms with van der Waals surface area (Å²) in [6.45, 7) is 0. The number of ether oxygens (including phenoxy) is 1. The standard InChI is InChI=1S/C8H11NO2S/c1-11-8(10)7-4-3-5-9(7)6-12-2/h3-5H,6H2,1-2H3. The molecule has 3 nitrogen and oxygen atoms in total. The lowest BCUT2D eigenvalue weighted by molar-refractivity contribution is 0.0590. The molecule has 0 atom stereocenters. The van der Waals surface area contributed by atoms with Crippen LogP contribution in [0.15, 0.2) is 18.3 Å². The molecule has 0 aliphatic rings. The van der Waals surface area contributed by atoms with Gasteiger partial charge in [0.1, 0.15) is 5.69 Å². The van der Waals surface area contributed by atoms with Crippen molar-refractivity contribution in [2.24, 2.45) is 0 Å². The molecule has 0 N–H and O–H groups in total. The van der Waals surface area contributed by atoms with Crippen LogP contribution < -0.4 is 0 Å². The quantitative estimate of drug-likeness (QED) is 0.670. The molecular formula is C8H11NO2S. The second-order valence-electron chi connectivity index (χ2n) is 2.27. The summed E-state index contributed by atoms with van der Waals surface area (Å²) in [5.41, 5.74) is 0.604. The smallest absolute Gasteiger partial charge is 0.354 e. The highest BCUT2D eigenvalue weighted by molar-refractivity contribution is 7.97. The SMILES string of the molecule is COC(=O)c1cccn1CSC. The van der Waals surface area contributed by atoms with Crippen molar-refractivity contribution in [2.75, 3.05) is 13.4 Å². The minimum absolute atomic E-state index is 0.283. The van der Waals surface area contributed by atoms with Crippen LogP contribution in [-0.2, 0) is 10.6 Å². The molecule has 0 unspecified atom stereocenters. The van der Waals surface area contributed by atoms with Gasteiger partial charge in [-0.25, -0.2) is 4.79 Å². The summed E-state index contributed by atoms with van der Waals surface area (Å²) in [6.07, 6.45) is 3.85. The highest BCUT2D eigenvalue weighted by atomic mass is 32.2. The monoisotopic (exact) mass is 185 g/mol. The third-order valence-corrected chi connectivity index (χ3v) is 2.03. The Morgan fingerprint density at radius 3 is 3.08 bits per heavy atom. The van der Waals surface area contributed by atoms with Crippen molar-refractivity contribution in [2.45, 2.75) is 5.88 Å². The molecule has 12 heavy (non-hydrogen) atoms. The predicted molar refractivity (Wildman–Crippen MR) is 49.3 cm³/mol. The zero-order valence-electron chi connectivity index (χ0n) is 7.11. The van der Waals surface area contributed by atoms with Crippen LogP contribution in [0, 0.1) is 0 Å². The maximum Gasteiger partial charge on any atom is 0.354 e. The molecule has 0 amide bonds. The number of hydrogen-bond acceptors (Lipinski definition) is 3. The van der Waals surface area contributed by atoms with Gasteiger partial charge in [-0.05, 0) is 18.4 Å². The van der Waals surface area contributed by atoms with Gasteiger partial charge >= 0.3 is 5.97 Å². The summed E-state index contributed by atoms with van der Waals surface area (Å²) < 4.78 is 6.47. The number of carbonyl (C=O) groups is 1. The van der Waals surface area contributed by atoms with Gasteiger partial charge in [0.2, 0.25) is 0 Å². The van der Waals surface area contributed by atoms with E-state index < -0.39 is 0 Å². The fourth-order valence-electron chi connectivity index (χ4n) is 0.956. The van der Waals surface area contributed by atoms with Gasteiger partial charge in [-0.2, -0.15) is 0 Å². The number of thioether (sulfide) groups is 1. The van der Waals surface area contributed by atoms with Gasteiger partial charge < -0.3 is 9.30 Å². The lowest BCUT2D eigenvalue weighted by atomic mass is 10.4. The summed E-state index contributed by atoms with van der Waals surface area (Å²) in [5, 5.41) is 0. The molecule has 0 spiro atoms. The number of carbonyl (C=O) groups excluding carboxylic acids is 1. The van der Waals surface area contributed by atoms with E-state index in [0.717, 1.165) is 5.88 Å². The maximum atomic E-state index is 11.1. The summed E-state index contributed by atoms with van der Waals surface area (Å²) in [7, 11) is 1.39. The van der Waals surface area contributed by atoms with Crippen molar-refractivity contribution < 1.29 is 9.53 Å². The van der Waals surface area contributed by atoms with Crippen LogP contribution in [0.25, 0.3) is 0 Å². The largest absolute Gasteiger partial charge is 0.464 e. The van der Waals surface area contributed by atoms with E-state index in [1.54, 1.807) is 17.8 Å². The first-order valence-corrected chi connectivity index (χ1v) is 4.91. The average Bonchev–Trinajstić information content (AvgIpc) is 2.52. The van der Waals surface area contributed by atoms with Crippen LogP contribution in [-0.4, -0.2) is 23.9 Å². The molecular weight excluding hydrogens is 174 g/mol. The molecule has 0 aliphatic carbocycles. The van der Waals surface area contributed by atoms with Crippen molar-refractivity contribution in [1.82, 2.24) is 4.57 Å². The normalized spacial score (nSPS) is 9.83. The topological polar surface area (TPSA) is 31.2 Å². The average molecular weight is 185 g/mol. The highest BCUT2D eigenvalue weighted by Crippen LogP contribution is 2.07. The Kier molecular flexibility index (Phi) is 3.22. The summed E-state index contributed by atoms with van der Waals surface area (Å²) >= 11 is 1.66. The first kappa shape index (κ1) is 9.19. The van der Waals surface area contributed by atoms with E-state index in [2.05, 4.69) is 4.74 Å². The summed E-state index contributed by atoms with van der Waals surface area (Å²) in [5.74, 6) is 0.492. The Morgan fingerprint density at radius 2 is 2.50 bits per heavy atom. The van der Waals surface area contributed by atoms with Crippen molar-refractivity contribution >= 4 is 17.7 Å². The molecule has 4 heteroatoms. The zero-order valence-corrected chi connectivity index (χ0v) is 7.93. The molecule has 0 fully saturated rings. The van der Waals surface area contributed by atoms with E-state index in [-0.39, 0.29) is 5.97 Å². The van der Waals surface area contributed by atoms with Gasteiger partial charge in [0, 0.05) is 6.20 Å². The molecule has 1 aromatic rings. The zero-order chi connectivity index (χ0) is 8.97. The number of esters is 1. The second kappa shape index (κ2) is 4.21. The number of rotatable bonds is 3. The number of nitrogens with zero attached hydrogens (tertiary/aromatic N) is 1. The van der Waals surface area contributed by atoms with Gasteiger partial charge in [0.25, 0.3) is 0 Å². The molecule has 0 saturated carbocycles. The molecule has 1 rings (SSSR count). The van der Waals surface area contributed by atoms with E-state index in [1.807, 2.05) is 23.1 Å². The Morgan fingerprint density at radius 1 is 1.75 bits per heavy atom. The summed E-state index contributed by atoms with van der Waals surface area (Å²) in [4.78, 5) is 11.1. The Hall–Kier alpha value is -0.900. The molecule has 0 bridgehead atoms. The predicted octanol–water partition coefficient (Wildman–Crippen LogP) is 1.60. The Balaban J connectivity index is 2.83. The Bertz CT molecular complexity index is 270. The lowest BCUT2D eigenvalue weighted by Gasteiger charge is -2.04. The van der Waals surface area contributed by atoms with E-state index in [9.17, 15) is 4.79 Å². The minimum atomic E-state index is -0.283. The lowest BCUT2D eigenvalue weighted by Crippen LogP contribution is -2.08. The van der Waals surface area contributed by atoms with Crippen LogP contribution in [0.2, 0.25) is 0 Å². The van der Waals surface area contributed by atoms with Crippen LogP contribution >= 0.6 is 11.8 Å². The molecule has 1 aromatic heterocycles. The van der Waals surface area contributed by atoms with Crippen LogP contribution in [0.3, 0.4) is 0 Å². The van der Waals surface area contributed by atoms with Crippen molar-refractivity contribution in [3.8, 4) is 0 Å². The molecule has 0 radical (unpaired) electrons. The highest BCUT2D eigenvalue weighted by Gasteiger charge is 2.09. The van der Waals surface area contributed by atoms with Gasteiger partial charge in [-0.15, -0.1) is 11.8 Å². The fourth-order valence-corrected chi connectivity index (χ4v) is 1.46. The third kappa shape index (κ3) is 1.82. The number of methoxy groups -OCH3 is 1. The molecule has 0 aliphatic heterocycles. The van der Waals surface area contributed by atoms with Crippen molar-refractivity contribution in [3.05, 3.63) is 24.0 Å². The van der Waals surface area contributed by atoms with Crippen LogP contribution in [0.1, 0.15) is 10.5 Å². The van der Waals surface area contributed by atoms with Crippen molar-refractivity contribution in [1.29, 1.82) is 0 Å². The minimum Gasteiger partial charge on any atom is -0.464 e. The van der Waals surface area contributed by atoms with Gasteiger partial charge in [0.05, 0.1) is 13.0 Å². The Labute approximate surface area is 75.7 Å². The first-order valence-electron chi connectivity index (χ1n) is 3.52. The van der Waals surface area contributed by atoms with Gasteiger partial charge in [-0.3, -0.25) is 0 Å². The van der Waals surface area contributed by atoms with Crippen molar-refractivity contribution in [3.63, 3.8) is 0 Å². The number of hydrogen-bond donors (Lipinski definition) is 0. The summed E-state index contributed by atoms with van der Waals surface area (Å²) in [6, 6.07) is 3.59. The van der Waals surface area contributed by atoms with E-state index in [1.165, 1.54) is 7.11 Å². The second-order valence-corrected chi connectivity index (χ2v) is 3.11.